The van der Waals surface area contributed by atoms with Crippen LogP contribution in [0.1, 0.15) is 30.9 Å². The molecule has 1 saturated carbocycles. The number of methoxy groups -OCH3 is 2. The van der Waals surface area contributed by atoms with E-state index in [4.69, 9.17) is 15.2 Å². The number of aliphatic hydroxyl groups is 1. The Hall–Kier alpha value is -1.46. The monoisotopic (exact) mass is 267 g/mol. The Morgan fingerprint density at radius 2 is 1.74 bits per heavy atom. The predicted molar refractivity (Wildman–Crippen MR) is 71.5 cm³/mol. The predicted octanol–water partition coefficient (Wildman–Crippen LogP) is 1.57. The van der Waals surface area contributed by atoms with Gasteiger partial charge < -0.3 is 25.4 Å². The zero-order valence-corrected chi connectivity index (χ0v) is 11.3. The number of aliphatic hydroxyl groups excluding tert-OH is 1. The average Bonchev–Trinajstić information content (AvgIpc) is 2.36. The van der Waals surface area contributed by atoms with Gasteiger partial charge in [-0.25, -0.2) is 0 Å². The maximum Gasteiger partial charge on any atom is 0.200 e. The van der Waals surface area contributed by atoms with Gasteiger partial charge in [0.1, 0.15) is 0 Å². The number of phenols is 1. The summed E-state index contributed by atoms with van der Waals surface area (Å²) in [7, 11) is 2.93. The average molecular weight is 267 g/mol. The van der Waals surface area contributed by atoms with E-state index in [0.29, 0.717) is 17.1 Å². The molecule has 0 spiro atoms. The Balaban J connectivity index is 2.27. The molecular formula is C14H21NO4. The maximum absolute atomic E-state index is 10.2. The first kappa shape index (κ1) is 14.0. The molecule has 5 heteroatoms. The summed E-state index contributed by atoms with van der Waals surface area (Å²) in [5, 5.41) is 20.1. The van der Waals surface area contributed by atoms with Crippen LogP contribution >= 0.6 is 0 Å². The molecule has 0 unspecified atom stereocenters. The summed E-state index contributed by atoms with van der Waals surface area (Å²) in [6.45, 7) is 0. The summed E-state index contributed by atoms with van der Waals surface area (Å²) < 4.78 is 10.2. The Morgan fingerprint density at radius 1 is 1.21 bits per heavy atom. The van der Waals surface area contributed by atoms with E-state index >= 15 is 0 Å². The molecule has 0 heterocycles. The fourth-order valence-corrected chi connectivity index (χ4v) is 2.38. The number of hydrogen-bond acceptors (Lipinski definition) is 5. The van der Waals surface area contributed by atoms with Crippen LogP contribution < -0.4 is 15.2 Å². The van der Waals surface area contributed by atoms with Crippen LogP contribution in [0.4, 0.5) is 0 Å². The Labute approximate surface area is 113 Å². The van der Waals surface area contributed by atoms with Gasteiger partial charge in [0.15, 0.2) is 11.5 Å². The molecule has 4 N–H and O–H groups in total. The van der Waals surface area contributed by atoms with Gasteiger partial charge in [-0.1, -0.05) is 6.42 Å². The number of aromatic hydroxyl groups is 1. The second-order valence-electron chi connectivity index (χ2n) is 4.98. The van der Waals surface area contributed by atoms with Gasteiger partial charge in [0.2, 0.25) is 5.75 Å². The summed E-state index contributed by atoms with van der Waals surface area (Å²) in [6.07, 6.45) is 2.60. The van der Waals surface area contributed by atoms with E-state index in [-0.39, 0.29) is 11.7 Å². The van der Waals surface area contributed by atoms with Gasteiger partial charge in [-0.15, -0.1) is 0 Å². The zero-order chi connectivity index (χ0) is 14.0. The summed E-state index contributed by atoms with van der Waals surface area (Å²) >= 11 is 0. The molecule has 0 amide bonds. The van der Waals surface area contributed by atoms with Crippen LogP contribution in [0.2, 0.25) is 0 Å². The van der Waals surface area contributed by atoms with Crippen molar-refractivity contribution in [2.75, 3.05) is 14.2 Å². The zero-order valence-electron chi connectivity index (χ0n) is 11.3. The molecule has 1 fully saturated rings. The standard InChI is InChI=1S/C14H21NO4/c1-18-10-6-9(7-11(19-2)14(10)17)12(15)13(16)8-4-3-5-8/h6-8,12-13,16-17H,3-5,15H2,1-2H3/t12-,13+/m1/s1. The van der Waals surface area contributed by atoms with E-state index in [0.717, 1.165) is 19.3 Å². The lowest BCUT2D eigenvalue weighted by Crippen LogP contribution is -2.36. The second kappa shape index (κ2) is 5.67. The fraction of sp³-hybridized carbons (Fsp3) is 0.571. The van der Waals surface area contributed by atoms with Crippen LogP contribution in [0, 0.1) is 5.92 Å². The minimum absolute atomic E-state index is 0.0564. The van der Waals surface area contributed by atoms with Gasteiger partial charge in [-0.3, -0.25) is 0 Å². The molecule has 1 aromatic rings. The van der Waals surface area contributed by atoms with Gasteiger partial charge in [0.05, 0.1) is 26.4 Å². The summed E-state index contributed by atoms with van der Waals surface area (Å²) in [6, 6.07) is 2.78. The SMILES string of the molecule is COc1cc([C@@H](N)[C@@H](O)C2CCC2)cc(OC)c1O. The number of nitrogens with two attached hydrogens (primary N) is 1. The highest BCUT2D eigenvalue weighted by molar-refractivity contribution is 5.53. The van der Waals surface area contributed by atoms with Gasteiger partial charge >= 0.3 is 0 Å². The largest absolute Gasteiger partial charge is 0.502 e. The molecule has 1 aliphatic rings. The van der Waals surface area contributed by atoms with E-state index < -0.39 is 12.1 Å². The molecule has 0 radical (unpaired) electrons. The van der Waals surface area contributed by atoms with E-state index in [1.165, 1.54) is 14.2 Å². The number of rotatable bonds is 5. The third-order valence-electron chi connectivity index (χ3n) is 3.89. The Bertz CT molecular complexity index is 420. The molecule has 0 aliphatic heterocycles. The van der Waals surface area contributed by atoms with Crippen LogP contribution in [0.15, 0.2) is 12.1 Å². The third kappa shape index (κ3) is 2.62. The highest BCUT2D eigenvalue weighted by Gasteiger charge is 2.31. The topological polar surface area (TPSA) is 84.9 Å². The lowest BCUT2D eigenvalue weighted by atomic mass is 9.77. The Morgan fingerprint density at radius 3 is 2.11 bits per heavy atom. The van der Waals surface area contributed by atoms with Crippen molar-refractivity contribution in [3.8, 4) is 17.2 Å². The van der Waals surface area contributed by atoms with Crippen LogP contribution in [0.25, 0.3) is 0 Å². The number of phenolic OH excluding ortho intramolecular Hbond substituents is 1. The van der Waals surface area contributed by atoms with Crippen molar-refractivity contribution >= 4 is 0 Å². The molecule has 2 rings (SSSR count). The van der Waals surface area contributed by atoms with Crippen LogP contribution in [-0.4, -0.2) is 30.5 Å². The van der Waals surface area contributed by atoms with E-state index in [1.807, 2.05) is 0 Å². The van der Waals surface area contributed by atoms with Crippen LogP contribution in [0.3, 0.4) is 0 Å². The molecule has 106 valence electrons. The van der Waals surface area contributed by atoms with Crippen LogP contribution in [0.5, 0.6) is 17.2 Å². The molecule has 2 atom stereocenters. The summed E-state index contributed by atoms with van der Waals surface area (Å²) in [4.78, 5) is 0. The summed E-state index contributed by atoms with van der Waals surface area (Å²) in [5.74, 6) is 0.802. The van der Waals surface area contributed by atoms with Crippen molar-refractivity contribution in [2.24, 2.45) is 11.7 Å². The molecule has 19 heavy (non-hydrogen) atoms. The highest BCUT2D eigenvalue weighted by Crippen LogP contribution is 2.40. The van der Waals surface area contributed by atoms with Crippen molar-refractivity contribution in [1.29, 1.82) is 0 Å². The van der Waals surface area contributed by atoms with Gasteiger partial charge in [-0.2, -0.15) is 0 Å². The second-order valence-corrected chi connectivity index (χ2v) is 4.98. The normalized spacial score (nSPS) is 18.5. The summed E-state index contributed by atoms with van der Waals surface area (Å²) in [5.41, 5.74) is 6.80. The molecule has 0 saturated heterocycles. The van der Waals surface area contributed by atoms with E-state index in [9.17, 15) is 10.2 Å². The highest BCUT2D eigenvalue weighted by atomic mass is 16.5. The first-order valence-electron chi connectivity index (χ1n) is 6.47. The van der Waals surface area contributed by atoms with E-state index in [2.05, 4.69) is 0 Å². The van der Waals surface area contributed by atoms with Crippen LogP contribution in [-0.2, 0) is 0 Å². The van der Waals surface area contributed by atoms with Gasteiger partial charge in [0, 0.05) is 0 Å². The first-order valence-corrected chi connectivity index (χ1v) is 6.47. The third-order valence-corrected chi connectivity index (χ3v) is 3.89. The van der Waals surface area contributed by atoms with Crippen molar-refractivity contribution in [3.05, 3.63) is 17.7 Å². The quantitative estimate of drug-likeness (QED) is 0.754. The minimum atomic E-state index is -0.576. The fourth-order valence-electron chi connectivity index (χ4n) is 2.38. The lowest BCUT2D eigenvalue weighted by Gasteiger charge is -2.34. The molecule has 5 nitrogen and oxygen atoms in total. The minimum Gasteiger partial charge on any atom is -0.502 e. The van der Waals surface area contributed by atoms with Gasteiger partial charge in [0.25, 0.3) is 0 Å². The molecular weight excluding hydrogens is 246 g/mol. The maximum atomic E-state index is 10.2. The molecule has 0 aromatic heterocycles. The number of ether oxygens (including phenoxy) is 2. The molecule has 1 aliphatic carbocycles. The van der Waals surface area contributed by atoms with Crippen molar-refractivity contribution in [3.63, 3.8) is 0 Å². The lowest BCUT2D eigenvalue weighted by molar-refractivity contribution is 0.0412. The number of benzene rings is 1. The van der Waals surface area contributed by atoms with Crippen molar-refractivity contribution in [2.45, 2.75) is 31.4 Å². The Kier molecular flexibility index (Phi) is 4.17. The molecule has 0 bridgehead atoms. The van der Waals surface area contributed by atoms with E-state index in [1.54, 1.807) is 12.1 Å². The first-order chi connectivity index (χ1) is 9.08. The van der Waals surface area contributed by atoms with Gasteiger partial charge in [-0.05, 0) is 36.5 Å². The molecule has 1 aromatic carbocycles. The van der Waals surface area contributed by atoms with Crippen molar-refractivity contribution in [1.82, 2.24) is 0 Å². The number of hydrogen-bond donors (Lipinski definition) is 3. The van der Waals surface area contributed by atoms with Crippen molar-refractivity contribution < 1.29 is 19.7 Å². The smallest absolute Gasteiger partial charge is 0.200 e.